The molecule has 1 aliphatic rings. The standard InChI is InChI=1S/C16H16N2O2/c1-20-16(19)18-10-8-13(9-11-18)15-7-6-12-4-2-3-5-14(12)17-15/h2-8H,9-11H2,1H3. The third kappa shape index (κ3) is 2.37. The second-order valence-electron chi connectivity index (χ2n) is 4.78. The lowest BCUT2D eigenvalue weighted by Crippen LogP contribution is -2.34. The number of para-hydroxylation sites is 1. The number of hydrogen-bond acceptors (Lipinski definition) is 3. The highest BCUT2D eigenvalue weighted by Crippen LogP contribution is 2.23. The van der Waals surface area contributed by atoms with Crippen molar-refractivity contribution in [3.63, 3.8) is 0 Å². The van der Waals surface area contributed by atoms with Gasteiger partial charge in [-0.15, -0.1) is 0 Å². The topological polar surface area (TPSA) is 42.4 Å². The molecule has 3 rings (SSSR count). The van der Waals surface area contributed by atoms with Crippen LogP contribution in [0.1, 0.15) is 12.1 Å². The van der Waals surface area contributed by atoms with Gasteiger partial charge in [-0.25, -0.2) is 9.78 Å². The molecule has 4 nitrogen and oxygen atoms in total. The number of methoxy groups -OCH3 is 1. The van der Waals surface area contributed by atoms with E-state index in [4.69, 9.17) is 4.74 Å². The van der Waals surface area contributed by atoms with Crippen LogP contribution < -0.4 is 0 Å². The minimum atomic E-state index is -0.272. The van der Waals surface area contributed by atoms with Gasteiger partial charge in [0.05, 0.1) is 18.3 Å². The van der Waals surface area contributed by atoms with E-state index in [0.29, 0.717) is 13.1 Å². The summed E-state index contributed by atoms with van der Waals surface area (Å²) in [5.41, 5.74) is 3.19. The maximum atomic E-state index is 11.4. The molecule has 0 unspecified atom stereocenters. The van der Waals surface area contributed by atoms with E-state index in [0.717, 1.165) is 23.0 Å². The number of amides is 1. The third-order valence-electron chi connectivity index (χ3n) is 3.57. The fourth-order valence-electron chi connectivity index (χ4n) is 2.44. The Morgan fingerprint density at radius 1 is 1.25 bits per heavy atom. The van der Waals surface area contributed by atoms with Gasteiger partial charge in [0.2, 0.25) is 0 Å². The van der Waals surface area contributed by atoms with Crippen LogP contribution in [-0.4, -0.2) is 36.2 Å². The predicted molar refractivity (Wildman–Crippen MR) is 78.3 cm³/mol. The summed E-state index contributed by atoms with van der Waals surface area (Å²) in [6.07, 6.45) is 2.59. The average Bonchev–Trinajstić information content (AvgIpc) is 2.54. The second-order valence-corrected chi connectivity index (χ2v) is 4.78. The molecule has 1 amide bonds. The highest BCUT2D eigenvalue weighted by atomic mass is 16.5. The van der Waals surface area contributed by atoms with Crippen LogP contribution >= 0.6 is 0 Å². The van der Waals surface area contributed by atoms with Crippen molar-refractivity contribution in [2.45, 2.75) is 6.42 Å². The first kappa shape index (κ1) is 12.7. The molecule has 0 N–H and O–H groups in total. The van der Waals surface area contributed by atoms with Gasteiger partial charge >= 0.3 is 6.09 Å². The third-order valence-corrected chi connectivity index (χ3v) is 3.57. The van der Waals surface area contributed by atoms with Gasteiger partial charge in [0, 0.05) is 18.5 Å². The number of hydrogen-bond donors (Lipinski definition) is 0. The summed E-state index contributed by atoms with van der Waals surface area (Å²) in [6.45, 7) is 1.25. The molecule has 0 saturated carbocycles. The summed E-state index contributed by atoms with van der Waals surface area (Å²) in [7, 11) is 1.41. The van der Waals surface area contributed by atoms with Crippen molar-refractivity contribution in [1.82, 2.24) is 9.88 Å². The monoisotopic (exact) mass is 268 g/mol. The Kier molecular flexibility index (Phi) is 3.37. The minimum absolute atomic E-state index is 0.272. The van der Waals surface area contributed by atoms with Crippen LogP contribution in [0, 0.1) is 0 Å². The molecule has 20 heavy (non-hydrogen) atoms. The fraction of sp³-hybridized carbons (Fsp3) is 0.250. The Hall–Kier alpha value is -2.36. The largest absolute Gasteiger partial charge is 0.453 e. The van der Waals surface area contributed by atoms with E-state index in [1.165, 1.54) is 12.7 Å². The van der Waals surface area contributed by atoms with Crippen LogP contribution in [0.4, 0.5) is 4.79 Å². The average molecular weight is 268 g/mol. The van der Waals surface area contributed by atoms with Crippen molar-refractivity contribution in [3.8, 4) is 0 Å². The van der Waals surface area contributed by atoms with Crippen LogP contribution in [0.5, 0.6) is 0 Å². The molecule has 0 radical (unpaired) electrons. The van der Waals surface area contributed by atoms with Gasteiger partial charge in [0.15, 0.2) is 0 Å². The van der Waals surface area contributed by atoms with Gasteiger partial charge in [-0.2, -0.15) is 0 Å². The van der Waals surface area contributed by atoms with Crippen molar-refractivity contribution >= 4 is 22.6 Å². The number of nitrogens with zero attached hydrogens (tertiary/aromatic N) is 2. The van der Waals surface area contributed by atoms with E-state index < -0.39 is 0 Å². The number of rotatable bonds is 1. The summed E-state index contributed by atoms with van der Waals surface area (Å²) >= 11 is 0. The van der Waals surface area contributed by atoms with Gasteiger partial charge in [0.1, 0.15) is 0 Å². The van der Waals surface area contributed by atoms with Gasteiger partial charge in [0.25, 0.3) is 0 Å². The molecule has 0 bridgehead atoms. The normalized spacial score (nSPS) is 15.1. The first-order valence-electron chi connectivity index (χ1n) is 6.66. The van der Waals surface area contributed by atoms with Gasteiger partial charge < -0.3 is 9.64 Å². The second kappa shape index (κ2) is 5.33. The SMILES string of the molecule is COC(=O)N1CC=C(c2ccc3ccccc3n2)CC1. The summed E-state index contributed by atoms with van der Waals surface area (Å²) < 4.78 is 4.73. The Labute approximate surface area is 117 Å². The van der Waals surface area contributed by atoms with Gasteiger partial charge in [-0.3, -0.25) is 0 Å². The van der Waals surface area contributed by atoms with E-state index >= 15 is 0 Å². The highest BCUT2D eigenvalue weighted by molar-refractivity contribution is 5.81. The van der Waals surface area contributed by atoms with Crippen LogP contribution in [-0.2, 0) is 4.74 Å². The highest BCUT2D eigenvalue weighted by Gasteiger charge is 2.18. The number of pyridine rings is 1. The first-order chi connectivity index (χ1) is 9.78. The molecule has 2 heterocycles. The summed E-state index contributed by atoms with van der Waals surface area (Å²) in [5.74, 6) is 0. The molecule has 1 aliphatic heterocycles. The number of carbonyl (C=O) groups is 1. The number of benzene rings is 1. The smallest absolute Gasteiger partial charge is 0.409 e. The van der Waals surface area contributed by atoms with Crippen LogP contribution in [0.3, 0.4) is 0 Å². The Balaban J connectivity index is 1.85. The lowest BCUT2D eigenvalue weighted by atomic mass is 10.0. The lowest BCUT2D eigenvalue weighted by molar-refractivity contribution is 0.128. The maximum absolute atomic E-state index is 11.4. The van der Waals surface area contributed by atoms with Crippen molar-refractivity contribution < 1.29 is 9.53 Å². The summed E-state index contributed by atoms with van der Waals surface area (Å²) in [4.78, 5) is 17.8. The molecule has 2 aromatic rings. The van der Waals surface area contributed by atoms with Crippen LogP contribution in [0.2, 0.25) is 0 Å². The lowest BCUT2D eigenvalue weighted by Gasteiger charge is -2.24. The molecule has 1 aromatic heterocycles. The van der Waals surface area contributed by atoms with E-state index in [1.54, 1.807) is 4.90 Å². The molecular weight excluding hydrogens is 252 g/mol. The van der Waals surface area contributed by atoms with E-state index in [-0.39, 0.29) is 6.09 Å². The van der Waals surface area contributed by atoms with E-state index in [2.05, 4.69) is 23.2 Å². The zero-order chi connectivity index (χ0) is 13.9. The zero-order valence-corrected chi connectivity index (χ0v) is 11.4. The molecule has 0 atom stereocenters. The van der Waals surface area contributed by atoms with Gasteiger partial charge in [-0.1, -0.05) is 30.3 Å². The Morgan fingerprint density at radius 3 is 2.85 bits per heavy atom. The quantitative estimate of drug-likeness (QED) is 0.798. The number of fused-ring (bicyclic) bond motifs is 1. The maximum Gasteiger partial charge on any atom is 0.409 e. The summed E-state index contributed by atoms with van der Waals surface area (Å²) in [5, 5.41) is 1.14. The first-order valence-corrected chi connectivity index (χ1v) is 6.66. The van der Waals surface area contributed by atoms with E-state index in [1.807, 2.05) is 24.3 Å². The predicted octanol–water partition coefficient (Wildman–Crippen LogP) is 3.09. The van der Waals surface area contributed by atoms with Crippen molar-refractivity contribution in [3.05, 3.63) is 48.2 Å². The molecule has 0 spiro atoms. The fourth-order valence-corrected chi connectivity index (χ4v) is 2.44. The molecule has 0 saturated heterocycles. The van der Waals surface area contributed by atoms with Crippen molar-refractivity contribution in [2.24, 2.45) is 0 Å². The number of aromatic nitrogens is 1. The molecule has 0 fully saturated rings. The number of ether oxygens (including phenoxy) is 1. The summed E-state index contributed by atoms with van der Waals surface area (Å²) in [6, 6.07) is 12.2. The molecule has 0 aliphatic carbocycles. The molecule has 102 valence electrons. The molecule has 1 aromatic carbocycles. The minimum Gasteiger partial charge on any atom is -0.453 e. The zero-order valence-electron chi connectivity index (χ0n) is 11.4. The molecule has 4 heteroatoms. The van der Waals surface area contributed by atoms with Crippen molar-refractivity contribution in [1.29, 1.82) is 0 Å². The number of carbonyl (C=O) groups excluding carboxylic acids is 1. The molecular formula is C16H16N2O2. The van der Waals surface area contributed by atoms with Gasteiger partial charge in [-0.05, 0) is 24.1 Å². The Morgan fingerprint density at radius 2 is 2.10 bits per heavy atom. The Bertz CT molecular complexity index is 679. The van der Waals surface area contributed by atoms with Crippen LogP contribution in [0.25, 0.3) is 16.5 Å². The van der Waals surface area contributed by atoms with E-state index in [9.17, 15) is 4.79 Å². The van der Waals surface area contributed by atoms with Crippen molar-refractivity contribution in [2.75, 3.05) is 20.2 Å². The van der Waals surface area contributed by atoms with Crippen LogP contribution in [0.15, 0.2) is 42.5 Å².